The zero-order chi connectivity index (χ0) is 18.8. The third-order valence-corrected chi connectivity index (χ3v) is 5.62. The number of ether oxygens (including phenoxy) is 1. The van der Waals surface area contributed by atoms with Crippen molar-refractivity contribution in [2.75, 3.05) is 31.1 Å². The molecule has 3 heterocycles. The number of nitrogens with zero attached hydrogens (tertiary/aromatic N) is 3. The van der Waals surface area contributed by atoms with Crippen molar-refractivity contribution in [3.8, 4) is 5.75 Å². The zero-order valence-corrected chi connectivity index (χ0v) is 15.6. The Kier molecular flexibility index (Phi) is 5.16. The maximum Gasteiger partial charge on any atom is 0.260 e. The SMILES string of the molecule is O=C(COc1ccc(F)cc1)N1CCC2CCN(c3ccc(Cl)cn3)CC21. The van der Waals surface area contributed by atoms with Crippen LogP contribution in [0.3, 0.4) is 0 Å². The van der Waals surface area contributed by atoms with E-state index in [1.54, 1.807) is 6.20 Å². The molecule has 5 nitrogen and oxygen atoms in total. The van der Waals surface area contributed by atoms with Gasteiger partial charge < -0.3 is 14.5 Å². The number of likely N-dealkylation sites (tertiary alicyclic amines) is 1. The summed E-state index contributed by atoms with van der Waals surface area (Å²) in [6.45, 7) is 2.42. The summed E-state index contributed by atoms with van der Waals surface area (Å²) in [5, 5.41) is 0.615. The molecule has 0 spiro atoms. The van der Waals surface area contributed by atoms with Crippen LogP contribution in [0.5, 0.6) is 5.75 Å². The minimum atomic E-state index is -0.325. The highest BCUT2D eigenvalue weighted by molar-refractivity contribution is 6.30. The van der Waals surface area contributed by atoms with Crippen molar-refractivity contribution in [2.45, 2.75) is 18.9 Å². The van der Waals surface area contributed by atoms with E-state index in [0.717, 1.165) is 38.3 Å². The molecule has 0 aliphatic carbocycles. The van der Waals surface area contributed by atoms with Gasteiger partial charge >= 0.3 is 0 Å². The highest BCUT2D eigenvalue weighted by Gasteiger charge is 2.40. The molecule has 2 aliphatic rings. The molecule has 0 N–H and O–H groups in total. The predicted octanol–water partition coefficient (Wildman–Crippen LogP) is 3.38. The fraction of sp³-hybridized carbons (Fsp3) is 0.400. The molecule has 4 rings (SSSR count). The van der Waals surface area contributed by atoms with Crippen LogP contribution in [-0.2, 0) is 4.79 Å². The van der Waals surface area contributed by atoms with Crippen molar-refractivity contribution in [3.63, 3.8) is 0 Å². The van der Waals surface area contributed by atoms with E-state index < -0.39 is 0 Å². The van der Waals surface area contributed by atoms with E-state index in [1.165, 1.54) is 24.3 Å². The Hall–Kier alpha value is -2.34. The van der Waals surface area contributed by atoms with Crippen LogP contribution in [0, 0.1) is 11.7 Å². The molecule has 0 saturated carbocycles. The minimum Gasteiger partial charge on any atom is -0.484 e. The van der Waals surface area contributed by atoms with Crippen molar-refractivity contribution in [1.82, 2.24) is 9.88 Å². The molecule has 2 aliphatic heterocycles. The van der Waals surface area contributed by atoms with Crippen LogP contribution in [0.4, 0.5) is 10.2 Å². The zero-order valence-electron chi connectivity index (χ0n) is 14.9. The Morgan fingerprint density at radius 1 is 1.19 bits per heavy atom. The number of aromatic nitrogens is 1. The second kappa shape index (κ2) is 7.72. The van der Waals surface area contributed by atoms with Gasteiger partial charge in [0.1, 0.15) is 17.4 Å². The quantitative estimate of drug-likeness (QED) is 0.804. The molecule has 0 radical (unpaired) electrons. The number of halogens is 2. The molecular weight excluding hydrogens is 369 g/mol. The standard InChI is InChI=1S/C20H21ClFN3O2/c21-15-1-6-19(23-11-15)24-9-7-14-8-10-25(18(14)12-24)20(26)13-27-17-4-2-16(22)3-5-17/h1-6,11,14,18H,7-10,12-13H2. The van der Waals surface area contributed by atoms with Gasteiger partial charge in [-0.2, -0.15) is 0 Å². The third kappa shape index (κ3) is 4.00. The number of hydrogen-bond acceptors (Lipinski definition) is 4. The van der Waals surface area contributed by atoms with Crippen molar-refractivity contribution in [2.24, 2.45) is 5.92 Å². The number of pyridine rings is 1. The summed E-state index contributed by atoms with van der Waals surface area (Å²) in [4.78, 5) is 21.2. The maximum atomic E-state index is 13.0. The lowest BCUT2D eigenvalue weighted by molar-refractivity contribution is -0.134. The van der Waals surface area contributed by atoms with Gasteiger partial charge in [0, 0.05) is 25.8 Å². The van der Waals surface area contributed by atoms with Gasteiger partial charge in [0.25, 0.3) is 5.91 Å². The molecule has 1 aromatic carbocycles. The second-order valence-corrected chi connectivity index (χ2v) is 7.45. The van der Waals surface area contributed by atoms with Crippen LogP contribution in [0.1, 0.15) is 12.8 Å². The van der Waals surface area contributed by atoms with Crippen LogP contribution in [0.15, 0.2) is 42.6 Å². The van der Waals surface area contributed by atoms with Crippen molar-refractivity contribution in [1.29, 1.82) is 0 Å². The number of piperidine rings is 1. The summed E-state index contributed by atoms with van der Waals surface area (Å²) >= 11 is 5.93. The van der Waals surface area contributed by atoms with E-state index in [4.69, 9.17) is 16.3 Å². The van der Waals surface area contributed by atoms with Crippen molar-refractivity contribution < 1.29 is 13.9 Å². The van der Waals surface area contributed by atoms with Crippen LogP contribution in [-0.4, -0.2) is 48.1 Å². The van der Waals surface area contributed by atoms with E-state index >= 15 is 0 Å². The number of rotatable bonds is 4. The number of benzene rings is 1. The lowest BCUT2D eigenvalue weighted by atomic mass is 9.92. The van der Waals surface area contributed by atoms with E-state index in [1.807, 2.05) is 17.0 Å². The lowest BCUT2D eigenvalue weighted by Gasteiger charge is -2.39. The Labute approximate surface area is 162 Å². The first-order valence-corrected chi connectivity index (χ1v) is 9.52. The predicted molar refractivity (Wildman–Crippen MR) is 102 cm³/mol. The van der Waals surface area contributed by atoms with Crippen molar-refractivity contribution in [3.05, 3.63) is 53.4 Å². The number of carbonyl (C=O) groups excluding carboxylic acids is 1. The topological polar surface area (TPSA) is 45.7 Å². The van der Waals surface area contributed by atoms with Gasteiger partial charge in [0.2, 0.25) is 0 Å². The van der Waals surface area contributed by atoms with Gasteiger partial charge in [-0.3, -0.25) is 4.79 Å². The smallest absolute Gasteiger partial charge is 0.260 e. The molecule has 7 heteroatoms. The van der Waals surface area contributed by atoms with E-state index in [-0.39, 0.29) is 24.4 Å². The summed E-state index contributed by atoms with van der Waals surface area (Å²) in [7, 11) is 0. The average molecular weight is 390 g/mol. The van der Waals surface area contributed by atoms with Gasteiger partial charge in [-0.05, 0) is 55.2 Å². The molecule has 2 aromatic rings. The van der Waals surface area contributed by atoms with Gasteiger partial charge in [-0.1, -0.05) is 11.6 Å². The summed E-state index contributed by atoms with van der Waals surface area (Å²) in [5.41, 5.74) is 0. The molecule has 2 fully saturated rings. The molecule has 142 valence electrons. The third-order valence-electron chi connectivity index (χ3n) is 5.39. The molecule has 2 unspecified atom stereocenters. The molecule has 2 saturated heterocycles. The molecule has 27 heavy (non-hydrogen) atoms. The highest BCUT2D eigenvalue weighted by atomic mass is 35.5. The molecule has 1 aromatic heterocycles. The van der Waals surface area contributed by atoms with E-state index in [2.05, 4.69) is 9.88 Å². The van der Waals surface area contributed by atoms with E-state index in [9.17, 15) is 9.18 Å². The number of hydrogen-bond donors (Lipinski definition) is 0. The first kappa shape index (κ1) is 18.0. The monoisotopic (exact) mass is 389 g/mol. The first-order valence-electron chi connectivity index (χ1n) is 9.14. The minimum absolute atomic E-state index is 0.0299. The van der Waals surface area contributed by atoms with Gasteiger partial charge in [-0.15, -0.1) is 0 Å². The first-order chi connectivity index (χ1) is 13.1. The van der Waals surface area contributed by atoms with Gasteiger partial charge in [0.05, 0.1) is 11.1 Å². The van der Waals surface area contributed by atoms with Crippen LogP contribution in [0.25, 0.3) is 0 Å². The molecule has 0 bridgehead atoms. The van der Waals surface area contributed by atoms with Gasteiger partial charge in [0.15, 0.2) is 6.61 Å². The Bertz CT molecular complexity index is 800. The van der Waals surface area contributed by atoms with Gasteiger partial charge in [-0.25, -0.2) is 9.37 Å². The average Bonchev–Trinajstić information content (AvgIpc) is 3.11. The lowest BCUT2D eigenvalue weighted by Crippen LogP contribution is -2.51. The summed E-state index contributed by atoms with van der Waals surface area (Å²) < 4.78 is 18.5. The largest absolute Gasteiger partial charge is 0.484 e. The van der Waals surface area contributed by atoms with Crippen LogP contribution in [0.2, 0.25) is 5.02 Å². The molecular formula is C20H21ClFN3O2. The van der Waals surface area contributed by atoms with Crippen molar-refractivity contribution >= 4 is 23.3 Å². The number of carbonyl (C=O) groups is 1. The summed E-state index contributed by atoms with van der Waals surface area (Å²) in [6, 6.07) is 9.63. The fourth-order valence-electron chi connectivity index (χ4n) is 3.97. The second-order valence-electron chi connectivity index (χ2n) is 7.02. The summed E-state index contributed by atoms with van der Waals surface area (Å²) in [5.74, 6) is 1.55. The fourth-order valence-corrected chi connectivity index (χ4v) is 4.08. The molecule has 2 atom stereocenters. The van der Waals surface area contributed by atoms with Crippen LogP contribution >= 0.6 is 11.6 Å². The number of fused-ring (bicyclic) bond motifs is 1. The number of amides is 1. The van der Waals surface area contributed by atoms with Crippen LogP contribution < -0.4 is 9.64 Å². The Balaban J connectivity index is 1.39. The maximum absolute atomic E-state index is 13.0. The normalized spacial score (nSPS) is 21.9. The number of anilines is 1. The molecule has 1 amide bonds. The Morgan fingerprint density at radius 3 is 2.70 bits per heavy atom. The summed E-state index contributed by atoms with van der Waals surface area (Å²) in [6.07, 6.45) is 3.71. The highest BCUT2D eigenvalue weighted by Crippen LogP contribution is 2.33. The Morgan fingerprint density at radius 2 is 1.96 bits per heavy atom. The van der Waals surface area contributed by atoms with E-state index in [0.29, 0.717) is 16.7 Å².